The van der Waals surface area contributed by atoms with Crippen LogP contribution in [-0.4, -0.2) is 42.2 Å². The van der Waals surface area contributed by atoms with Gasteiger partial charge in [-0.15, -0.1) is 0 Å². The summed E-state index contributed by atoms with van der Waals surface area (Å²) >= 11 is 0. The summed E-state index contributed by atoms with van der Waals surface area (Å²) < 4.78 is 40.9. The van der Waals surface area contributed by atoms with Crippen LogP contribution in [0.2, 0.25) is 0 Å². The second kappa shape index (κ2) is 7.44. The van der Waals surface area contributed by atoms with Gasteiger partial charge in [-0.05, 0) is 64.7 Å². The Labute approximate surface area is 160 Å². The van der Waals surface area contributed by atoms with Crippen molar-refractivity contribution in [1.82, 2.24) is 16.0 Å². The van der Waals surface area contributed by atoms with Crippen LogP contribution in [0.3, 0.4) is 0 Å². The zero-order valence-electron chi connectivity index (χ0n) is 16.7. The molecule has 0 spiro atoms. The molecule has 0 amide bonds. The summed E-state index contributed by atoms with van der Waals surface area (Å²) in [7, 11) is 0. The molecular weight excluding hydrogens is 355 g/mol. The van der Waals surface area contributed by atoms with E-state index in [2.05, 4.69) is 16.0 Å². The lowest BCUT2D eigenvalue weighted by Crippen LogP contribution is -2.72. The van der Waals surface area contributed by atoms with Gasteiger partial charge in [0.1, 0.15) is 6.04 Å². The largest absolute Gasteiger partial charge is 0.404 e. The first-order valence-corrected chi connectivity index (χ1v) is 10.3. The van der Waals surface area contributed by atoms with Gasteiger partial charge >= 0.3 is 6.18 Å². The lowest BCUT2D eigenvalue weighted by Gasteiger charge is -2.49. The van der Waals surface area contributed by atoms with E-state index in [-0.39, 0.29) is 23.0 Å². The average Bonchev–Trinajstić information content (AvgIpc) is 3.31. The summed E-state index contributed by atoms with van der Waals surface area (Å²) in [6.07, 6.45) is 1.14. The Bertz CT molecular complexity index is 514. The minimum Gasteiger partial charge on any atom is -0.325 e. The summed E-state index contributed by atoms with van der Waals surface area (Å²) in [6, 6.07) is -2.15. The van der Waals surface area contributed by atoms with Crippen LogP contribution >= 0.6 is 0 Å². The van der Waals surface area contributed by atoms with E-state index in [0.717, 1.165) is 38.5 Å². The summed E-state index contributed by atoms with van der Waals surface area (Å²) in [5.74, 6) is -0.172. The third-order valence-corrected chi connectivity index (χ3v) is 6.70. The Hall–Kier alpha value is -0.410. The van der Waals surface area contributed by atoms with Crippen molar-refractivity contribution in [3.8, 4) is 0 Å². The molecule has 7 N–H and O–H groups in total. The van der Waals surface area contributed by atoms with Gasteiger partial charge in [0.15, 0.2) is 0 Å². The van der Waals surface area contributed by atoms with Gasteiger partial charge in [-0.25, -0.2) is 0 Å². The molecular formula is C19H36F3N5. The van der Waals surface area contributed by atoms with Gasteiger partial charge in [-0.1, -0.05) is 6.42 Å². The fourth-order valence-corrected chi connectivity index (χ4v) is 5.14. The highest BCUT2D eigenvalue weighted by atomic mass is 19.4. The van der Waals surface area contributed by atoms with E-state index >= 15 is 0 Å². The Morgan fingerprint density at radius 2 is 1.78 bits per heavy atom. The maximum atomic E-state index is 13.6. The minimum atomic E-state index is -4.43. The quantitative estimate of drug-likeness (QED) is 0.506. The summed E-state index contributed by atoms with van der Waals surface area (Å²) in [6.45, 7) is 6.37. The maximum absolute atomic E-state index is 13.6. The Balaban J connectivity index is 1.81. The van der Waals surface area contributed by atoms with Crippen LogP contribution in [0.25, 0.3) is 0 Å². The monoisotopic (exact) mass is 391 g/mol. The van der Waals surface area contributed by atoms with Crippen molar-refractivity contribution < 1.29 is 13.2 Å². The molecule has 2 aliphatic carbocycles. The van der Waals surface area contributed by atoms with Gasteiger partial charge in [-0.2, -0.15) is 13.2 Å². The van der Waals surface area contributed by atoms with Crippen LogP contribution in [0.5, 0.6) is 0 Å². The van der Waals surface area contributed by atoms with Gasteiger partial charge in [0.2, 0.25) is 0 Å². The molecule has 1 heterocycles. The number of hydrogen-bond acceptors (Lipinski definition) is 5. The van der Waals surface area contributed by atoms with Crippen LogP contribution in [0.15, 0.2) is 0 Å². The zero-order valence-corrected chi connectivity index (χ0v) is 16.7. The third-order valence-electron chi connectivity index (χ3n) is 6.70. The van der Waals surface area contributed by atoms with Crippen molar-refractivity contribution in [3.63, 3.8) is 0 Å². The molecule has 3 aliphatic rings. The van der Waals surface area contributed by atoms with Crippen LogP contribution in [-0.2, 0) is 0 Å². The molecule has 2 saturated carbocycles. The number of alkyl halides is 3. The third kappa shape index (κ3) is 4.96. The fourth-order valence-electron chi connectivity index (χ4n) is 5.14. The topological polar surface area (TPSA) is 88.1 Å². The molecule has 0 aromatic carbocycles. The van der Waals surface area contributed by atoms with Gasteiger partial charge in [0.25, 0.3) is 0 Å². The normalized spacial score (nSPS) is 38.4. The highest BCUT2D eigenvalue weighted by Gasteiger charge is 2.53. The first kappa shape index (κ1) is 21.3. The van der Waals surface area contributed by atoms with Crippen LogP contribution in [0.1, 0.15) is 59.3 Å². The average molecular weight is 392 g/mol. The molecule has 0 aromatic heterocycles. The molecule has 158 valence electrons. The maximum Gasteiger partial charge on any atom is 0.404 e. The number of nitrogens with two attached hydrogens (primary N) is 2. The van der Waals surface area contributed by atoms with E-state index < -0.39 is 24.3 Å². The second-order valence-electron chi connectivity index (χ2n) is 9.98. The molecule has 8 heteroatoms. The van der Waals surface area contributed by atoms with Gasteiger partial charge < -0.3 is 16.8 Å². The molecule has 1 aliphatic heterocycles. The van der Waals surface area contributed by atoms with Gasteiger partial charge in [-0.3, -0.25) is 10.6 Å². The molecule has 3 fully saturated rings. The van der Waals surface area contributed by atoms with E-state index in [4.69, 9.17) is 11.5 Å². The lowest BCUT2D eigenvalue weighted by atomic mass is 9.69. The molecule has 0 radical (unpaired) electrons. The van der Waals surface area contributed by atoms with Gasteiger partial charge in [0.05, 0.1) is 6.17 Å². The highest BCUT2D eigenvalue weighted by molar-refractivity contribution is 5.08. The summed E-state index contributed by atoms with van der Waals surface area (Å²) in [5, 5.41) is 9.83. The van der Waals surface area contributed by atoms with Crippen LogP contribution in [0, 0.1) is 17.8 Å². The summed E-state index contributed by atoms with van der Waals surface area (Å²) in [5.41, 5.74) is 11.8. The molecule has 6 unspecified atom stereocenters. The van der Waals surface area contributed by atoms with Crippen molar-refractivity contribution in [3.05, 3.63) is 0 Å². The van der Waals surface area contributed by atoms with Crippen molar-refractivity contribution >= 4 is 0 Å². The molecule has 0 aromatic rings. The van der Waals surface area contributed by atoms with Gasteiger partial charge in [0, 0.05) is 29.7 Å². The Morgan fingerprint density at radius 3 is 2.33 bits per heavy atom. The number of hydrogen-bond donors (Lipinski definition) is 5. The smallest absolute Gasteiger partial charge is 0.325 e. The van der Waals surface area contributed by atoms with E-state index in [1.807, 2.05) is 20.8 Å². The Morgan fingerprint density at radius 1 is 1.11 bits per heavy atom. The minimum absolute atomic E-state index is 0.0731. The van der Waals surface area contributed by atoms with Crippen LogP contribution < -0.4 is 27.4 Å². The lowest BCUT2D eigenvalue weighted by molar-refractivity contribution is -0.170. The number of nitrogens with one attached hydrogen (secondary N) is 3. The fraction of sp³-hybridized carbons (Fsp3) is 1.00. The van der Waals surface area contributed by atoms with E-state index in [0.29, 0.717) is 12.6 Å². The highest BCUT2D eigenvalue weighted by Crippen LogP contribution is 2.49. The Kier molecular flexibility index (Phi) is 5.87. The molecule has 1 saturated heterocycles. The van der Waals surface area contributed by atoms with Crippen molar-refractivity contribution in [2.24, 2.45) is 29.2 Å². The predicted molar refractivity (Wildman–Crippen MR) is 101 cm³/mol. The van der Waals surface area contributed by atoms with Crippen LogP contribution in [0.4, 0.5) is 13.2 Å². The van der Waals surface area contributed by atoms with Crippen molar-refractivity contribution in [1.29, 1.82) is 0 Å². The molecule has 0 bridgehead atoms. The molecule has 5 nitrogen and oxygen atoms in total. The van der Waals surface area contributed by atoms with E-state index in [1.165, 1.54) is 0 Å². The molecule has 27 heavy (non-hydrogen) atoms. The van der Waals surface area contributed by atoms with E-state index in [9.17, 15) is 13.2 Å². The number of rotatable bonds is 4. The first-order chi connectivity index (χ1) is 12.4. The number of halogens is 3. The summed E-state index contributed by atoms with van der Waals surface area (Å²) in [4.78, 5) is 0. The van der Waals surface area contributed by atoms with E-state index in [1.54, 1.807) is 0 Å². The standard InChI is InChI=1S/C19H36F3N5/c1-17(2,3)27-16-13(15(23)19(20,21)22)14(25-10-26-16)11-5-4-6-12(9-11)18(24)7-8-18/h11-16,25-27H,4-10,23-24H2,1-3H3. The molecule has 3 rings (SSSR count). The van der Waals surface area contributed by atoms with Crippen molar-refractivity contribution in [2.45, 2.75) is 94.8 Å². The second-order valence-corrected chi connectivity index (χ2v) is 9.98. The van der Waals surface area contributed by atoms with Crippen molar-refractivity contribution in [2.75, 3.05) is 6.67 Å². The zero-order chi connectivity index (χ0) is 20.0. The predicted octanol–water partition coefficient (Wildman–Crippen LogP) is 2.02. The SMILES string of the molecule is CC(C)(C)NC1NCNC(C2CCCC(C3(N)CC3)C2)C1C(N)C(F)(F)F. The first-order valence-electron chi connectivity index (χ1n) is 10.3. The molecule has 6 atom stereocenters.